The van der Waals surface area contributed by atoms with E-state index in [4.69, 9.17) is 4.42 Å². The molecule has 50 heavy (non-hydrogen) atoms. The van der Waals surface area contributed by atoms with Gasteiger partial charge in [-0.2, -0.15) is 0 Å². The van der Waals surface area contributed by atoms with Gasteiger partial charge in [0.15, 0.2) is 11.9 Å². The lowest BCUT2D eigenvalue weighted by molar-refractivity contribution is 0.462. The van der Waals surface area contributed by atoms with Gasteiger partial charge in [-0.3, -0.25) is 0 Å². The van der Waals surface area contributed by atoms with Crippen molar-refractivity contribution in [2.75, 3.05) is 4.90 Å². The Morgan fingerprint density at radius 2 is 0.920 bits per heavy atom. The molecule has 1 unspecified atom stereocenters. The van der Waals surface area contributed by atoms with Gasteiger partial charge in [0.1, 0.15) is 5.58 Å². The Kier molecular flexibility index (Phi) is 7.56. The van der Waals surface area contributed by atoms with E-state index >= 15 is 0 Å². The van der Waals surface area contributed by atoms with Crippen molar-refractivity contribution in [2.24, 2.45) is 0 Å². The number of furan rings is 1. The summed E-state index contributed by atoms with van der Waals surface area (Å²) in [5.41, 5.74) is 13.6. The number of hydrogen-bond acceptors (Lipinski definition) is 3. The van der Waals surface area contributed by atoms with Crippen LogP contribution in [-0.2, 0) is 0 Å². The van der Waals surface area contributed by atoms with Gasteiger partial charge in [-0.15, -0.1) is 0 Å². The summed E-state index contributed by atoms with van der Waals surface area (Å²) < 4.78 is 6.62. The van der Waals surface area contributed by atoms with Crippen molar-refractivity contribution in [3.8, 4) is 44.5 Å². The zero-order chi connectivity index (χ0) is 33.3. The minimum absolute atomic E-state index is 0.275. The van der Waals surface area contributed by atoms with E-state index < -0.39 is 0 Å². The van der Waals surface area contributed by atoms with Gasteiger partial charge in [0.05, 0.1) is 5.69 Å². The number of rotatable bonds is 7. The molecule has 0 aliphatic carbocycles. The summed E-state index contributed by atoms with van der Waals surface area (Å²) >= 11 is 0. The number of fused-ring (bicyclic) bond motifs is 3. The van der Waals surface area contributed by atoms with E-state index in [0.717, 1.165) is 44.8 Å². The Labute approximate surface area is 292 Å². The Bertz CT molecular complexity index is 2430. The largest absolute Gasteiger partial charge is 0.456 e. The fourth-order valence-corrected chi connectivity index (χ4v) is 7.08. The van der Waals surface area contributed by atoms with Crippen LogP contribution in [0.25, 0.3) is 61.6 Å². The lowest BCUT2D eigenvalue weighted by Gasteiger charge is -2.36. The van der Waals surface area contributed by atoms with E-state index in [-0.39, 0.29) is 6.17 Å². The monoisotopic (exact) mass is 642 g/mol. The molecule has 0 saturated carbocycles. The summed E-state index contributed by atoms with van der Waals surface area (Å²) in [5, 5.41) is 4.78. The Hall–Kier alpha value is -6.58. The van der Waals surface area contributed by atoms with E-state index in [9.17, 15) is 0 Å². The first-order valence-corrected chi connectivity index (χ1v) is 17.0. The van der Waals surface area contributed by atoms with Crippen LogP contribution in [0.2, 0.25) is 0 Å². The van der Waals surface area contributed by atoms with Crippen molar-refractivity contribution >= 4 is 28.4 Å². The minimum Gasteiger partial charge on any atom is -0.456 e. The first-order chi connectivity index (χ1) is 24.8. The maximum Gasteiger partial charge on any atom is 0.164 e. The van der Waals surface area contributed by atoms with Crippen LogP contribution in [0.3, 0.4) is 0 Å². The highest BCUT2D eigenvalue weighted by Gasteiger charge is 2.31. The summed E-state index contributed by atoms with van der Waals surface area (Å²) in [6.07, 6.45) is 3.89. The molecule has 0 amide bonds. The molecule has 8 aromatic rings. The number of nitrogens with one attached hydrogen (secondary N) is 1. The number of benzene rings is 7. The fourth-order valence-electron chi connectivity index (χ4n) is 7.08. The third-order valence-electron chi connectivity index (χ3n) is 9.61. The number of para-hydroxylation sites is 2. The van der Waals surface area contributed by atoms with Gasteiger partial charge < -0.3 is 14.6 Å². The molecule has 2 heterocycles. The number of hydrogen-bond donors (Lipinski definition) is 1. The molecule has 1 aliphatic rings. The quantitative estimate of drug-likeness (QED) is 0.187. The second-order valence-corrected chi connectivity index (χ2v) is 12.6. The molecule has 0 fully saturated rings. The zero-order valence-electron chi connectivity index (χ0n) is 27.4. The Morgan fingerprint density at radius 3 is 1.54 bits per heavy atom. The molecule has 1 aliphatic heterocycles. The lowest BCUT2D eigenvalue weighted by atomic mass is 9.97. The van der Waals surface area contributed by atoms with Crippen LogP contribution >= 0.6 is 0 Å². The van der Waals surface area contributed by atoms with E-state index in [1.54, 1.807) is 0 Å². The lowest BCUT2D eigenvalue weighted by Crippen LogP contribution is -2.34. The fraction of sp³-hybridized carbons (Fsp3) is 0.0213. The van der Waals surface area contributed by atoms with Crippen LogP contribution < -0.4 is 10.2 Å². The molecular formula is C47H34N2O. The van der Waals surface area contributed by atoms with E-state index in [2.05, 4.69) is 186 Å². The second kappa shape index (κ2) is 12.8. The van der Waals surface area contributed by atoms with Crippen molar-refractivity contribution in [3.05, 3.63) is 200 Å². The smallest absolute Gasteiger partial charge is 0.164 e. The van der Waals surface area contributed by atoms with Crippen LogP contribution in [0.1, 0.15) is 17.5 Å². The first kappa shape index (κ1) is 29.6. The maximum atomic E-state index is 6.62. The van der Waals surface area contributed by atoms with Gasteiger partial charge in [0.2, 0.25) is 0 Å². The van der Waals surface area contributed by atoms with Gasteiger partial charge in [0.25, 0.3) is 0 Å². The molecule has 0 radical (unpaired) electrons. The van der Waals surface area contributed by atoms with E-state index in [1.165, 1.54) is 33.4 Å². The number of anilines is 2. The van der Waals surface area contributed by atoms with Gasteiger partial charge >= 0.3 is 0 Å². The Balaban J connectivity index is 1.13. The van der Waals surface area contributed by atoms with Gasteiger partial charge in [-0.25, -0.2) is 0 Å². The molecule has 238 valence electrons. The zero-order valence-corrected chi connectivity index (χ0v) is 27.4. The van der Waals surface area contributed by atoms with Crippen LogP contribution in [0, 0.1) is 0 Å². The van der Waals surface area contributed by atoms with E-state index in [0.29, 0.717) is 0 Å². The molecule has 0 bridgehead atoms. The predicted octanol–water partition coefficient (Wildman–Crippen LogP) is 12.5. The van der Waals surface area contributed by atoms with Crippen molar-refractivity contribution in [1.82, 2.24) is 5.32 Å². The van der Waals surface area contributed by atoms with Crippen LogP contribution in [-0.4, -0.2) is 0 Å². The van der Waals surface area contributed by atoms with Crippen molar-refractivity contribution in [3.63, 3.8) is 0 Å². The van der Waals surface area contributed by atoms with Crippen molar-refractivity contribution in [2.45, 2.75) is 6.17 Å². The molecular weight excluding hydrogens is 609 g/mol. The SMILES string of the molecule is C1=Cc2c(oc3ccccc23)C(N(c2ccc(-c3ccc(-c4ccccc4)cc3)cc2)c2ccccc2-c2ccc(-c3ccccc3)cc2)N1. The minimum atomic E-state index is -0.275. The van der Waals surface area contributed by atoms with Crippen LogP contribution in [0.5, 0.6) is 0 Å². The van der Waals surface area contributed by atoms with Gasteiger partial charge in [-0.05, 0) is 75.5 Å². The van der Waals surface area contributed by atoms with Crippen molar-refractivity contribution < 1.29 is 4.42 Å². The normalized spacial score (nSPS) is 13.5. The van der Waals surface area contributed by atoms with Crippen LogP contribution in [0.15, 0.2) is 193 Å². The van der Waals surface area contributed by atoms with Gasteiger partial charge in [-0.1, -0.05) is 158 Å². The third-order valence-corrected chi connectivity index (χ3v) is 9.61. The molecule has 7 aromatic carbocycles. The summed E-state index contributed by atoms with van der Waals surface area (Å²) in [7, 11) is 0. The molecule has 1 N–H and O–H groups in total. The molecule has 3 nitrogen and oxygen atoms in total. The highest BCUT2D eigenvalue weighted by Crippen LogP contribution is 2.44. The summed E-state index contributed by atoms with van der Waals surface area (Å²) in [4.78, 5) is 2.37. The molecule has 9 rings (SSSR count). The highest BCUT2D eigenvalue weighted by atomic mass is 16.3. The molecule has 1 aromatic heterocycles. The summed E-state index contributed by atoms with van der Waals surface area (Å²) in [6, 6.07) is 64.5. The molecule has 0 saturated heterocycles. The van der Waals surface area contributed by atoms with Crippen molar-refractivity contribution in [1.29, 1.82) is 0 Å². The first-order valence-electron chi connectivity index (χ1n) is 17.0. The average molecular weight is 643 g/mol. The summed E-state index contributed by atoms with van der Waals surface area (Å²) in [6.45, 7) is 0. The third kappa shape index (κ3) is 5.45. The number of nitrogens with zero attached hydrogens (tertiary/aromatic N) is 1. The molecule has 3 heteroatoms. The predicted molar refractivity (Wildman–Crippen MR) is 208 cm³/mol. The summed E-state index contributed by atoms with van der Waals surface area (Å²) in [5.74, 6) is 0.892. The second-order valence-electron chi connectivity index (χ2n) is 12.6. The molecule has 0 spiro atoms. The Morgan fingerprint density at radius 1 is 0.440 bits per heavy atom. The van der Waals surface area contributed by atoms with E-state index in [1.807, 2.05) is 18.3 Å². The highest BCUT2D eigenvalue weighted by molar-refractivity contribution is 5.91. The molecule has 1 atom stereocenters. The van der Waals surface area contributed by atoms with Gasteiger partial charge in [0, 0.05) is 22.2 Å². The topological polar surface area (TPSA) is 28.4 Å². The average Bonchev–Trinajstić information content (AvgIpc) is 3.59. The maximum absolute atomic E-state index is 6.62. The standard InChI is InChI=1S/C47H34N2O/c1-3-11-33(12-4-1)35-19-21-37(22-20-35)38-27-29-40(30-28-38)49(47-46-43(31-32-48-47)42-16-8-10-18-45(42)50-46)44-17-9-7-15-41(44)39-25-23-36(24-26-39)34-13-5-2-6-14-34/h1-32,47-48H. The van der Waals surface area contributed by atoms with Crippen LogP contribution in [0.4, 0.5) is 11.4 Å².